The first-order valence-electron chi connectivity index (χ1n) is 10.3. The van der Waals surface area contributed by atoms with E-state index in [4.69, 9.17) is 0 Å². The Bertz CT molecular complexity index is 845. The summed E-state index contributed by atoms with van der Waals surface area (Å²) in [6.07, 6.45) is 4.38. The molecule has 0 saturated carbocycles. The Morgan fingerprint density at radius 2 is 1.86 bits per heavy atom. The summed E-state index contributed by atoms with van der Waals surface area (Å²) < 4.78 is 1.92. The molecule has 2 aromatic rings. The van der Waals surface area contributed by atoms with Gasteiger partial charge in [0.05, 0.1) is 12.2 Å². The van der Waals surface area contributed by atoms with Gasteiger partial charge in [0, 0.05) is 25.3 Å². The van der Waals surface area contributed by atoms with E-state index in [9.17, 15) is 9.59 Å². The van der Waals surface area contributed by atoms with E-state index in [2.05, 4.69) is 22.4 Å². The van der Waals surface area contributed by atoms with Gasteiger partial charge in [-0.05, 0) is 44.2 Å². The number of likely N-dealkylation sites (tertiary alicyclic amines) is 1. The van der Waals surface area contributed by atoms with Crippen LogP contribution >= 0.6 is 11.8 Å². The lowest BCUT2D eigenvalue weighted by Crippen LogP contribution is -2.36. The van der Waals surface area contributed by atoms with Crippen LogP contribution in [0.15, 0.2) is 29.4 Å². The van der Waals surface area contributed by atoms with Gasteiger partial charge in [-0.1, -0.05) is 36.9 Å². The maximum atomic E-state index is 12.5. The zero-order valence-corrected chi connectivity index (χ0v) is 18.0. The fourth-order valence-electron chi connectivity index (χ4n) is 3.52. The number of carbonyl (C=O) groups is 2. The third-order valence-corrected chi connectivity index (χ3v) is 6.09. The Labute approximate surface area is 176 Å². The lowest BCUT2D eigenvalue weighted by molar-refractivity contribution is -0.129. The summed E-state index contributed by atoms with van der Waals surface area (Å²) >= 11 is 1.40. The molecule has 1 aromatic heterocycles. The van der Waals surface area contributed by atoms with Gasteiger partial charge in [-0.3, -0.25) is 9.59 Å². The molecule has 1 saturated heterocycles. The number of rotatable bonds is 8. The summed E-state index contributed by atoms with van der Waals surface area (Å²) in [5, 5.41) is 12.1. The Balaban J connectivity index is 1.60. The number of aryl methyl sites for hydroxylation is 1. The van der Waals surface area contributed by atoms with Gasteiger partial charge in [0.15, 0.2) is 5.16 Å². The standard InChI is InChI=1S/C21H29N5O2S/c1-3-16-10-6-7-11-17(16)22-19(27)14-18-23-24-21(26(18)4-2)29-15-20(28)25-12-8-5-9-13-25/h6-7,10-11H,3-5,8-9,12-15H2,1-2H3,(H,22,27). The number of thioether (sulfide) groups is 1. The van der Waals surface area contributed by atoms with E-state index < -0.39 is 0 Å². The number of nitrogens with zero attached hydrogens (tertiary/aromatic N) is 4. The Hall–Kier alpha value is -2.35. The van der Waals surface area contributed by atoms with Crippen LogP contribution in [0, 0.1) is 0 Å². The zero-order chi connectivity index (χ0) is 20.6. The molecule has 0 aliphatic carbocycles. The highest BCUT2D eigenvalue weighted by Gasteiger charge is 2.20. The van der Waals surface area contributed by atoms with Crippen LogP contribution in [0.2, 0.25) is 0 Å². The molecular weight excluding hydrogens is 386 g/mol. The van der Waals surface area contributed by atoms with Gasteiger partial charge < -0.3 is 14.8 Å². The molecule has 0 bridgehead atoms. The van der Waals surface area contributed by atoms with Crippen LogP contribution < -0.4 is 5.32 Å². The maximum Gasteiger partial charge on any atom is 0.233 e. The highest BCUT2D eigenvalue weighted by atomic mass is 32.2. The molecule has 0 spiro atoms. The van der Waals surface area contributed by atoms with Crippen LogP contribution in [0.25, 0.3) is 0 Å². The van der Waals surface area contributed by atoms with Crippen LogP contribution in [0.5, 0.6) is 0 Å². The van der Waals surface area contributed by atoms with E-state index in [-0.39, 0.29) is 18.2 Å². The molecule has 2 amide bonds. The Morgan fingerprint density at radius 3 is 2.59 bits per heavy atom. The molecule has 29 heavy (non-hydrogen) atoms. The molecule has 7 nitrogen and oxygen atoms in total. The number of hydrogen-bond donors (Lipinski definition) is 1. The number of hydrogen-bond acceptors (Lipinski definition) is 5. The van der Waals surface area contributed by atoms with Crippen molar-refractivity contribution in [2.24, 2.45) is 0 Å². The molecule has 2 heterocycles. The zero-order valence-electron chi connectivity index (χ0n) is 17.2. The Morgan fingerprint density at radius 1 is 1.10 bits per heavy atom. The fraction of sp³-hybridized carbons (Fsp3) is 0.524. The van der Waals surface area contributed by atoms with Gasteiger partial charge in [-0.15, -0.1) is 10.2 Å². The van der Waals surface area contributed by atoms with E-state index in [1.54, 1.807) is 0 Å². The molecule has 0 unspecified atom stereocenters. The molecule has 1 aliphatic heterocycles. The number of para-hydroxylation sites is 1. The van der Waals surface area contributed by atoms with Gasteiger partial charge in [-0.25, -0.2) is 0 Å². The van der Waals surface area contributed by atoms with E-state index in [1.165, 1.54) is 18.2 Å². The van der Waals surface area contributed by atoms with E-state index in [1.807, 2.05) is 40.7 Å². The molecule has 1 N–H and O–H groups in total. The topological polar surface area (TPSA) is 80.1 Å². The second kappa shape index (κ2) is 10.4. The normalized spacial score (nSPS) is 14.1. The van der Waals surface area contributed by atoms with Crippen molar-refractivity contribution in [2.45, 2.75) is 57.7 Å². The van der Waals surface area contributed by atoms with Crippen molar-refractivity contribution in [3.63, 3.8) is 0 Å². The van der Waals surface area contributed by atoms with Crippen LogP contribution in [0.4, 0.5) is 5.69 Å². The third kappa shape index (κ3) is 5.59. The number of benzene rings is 1. The monoisotopic (exact) mass is 415 g/mol. The van der Waals surface area contributed by atoms with Crippen LogP contribution in [0.1, 0.15) is 44.5 Å². The third-order valence-electron chi connectivity index (χ3n) is 5.13. The average Bonchev–Trinajstić information content (AvgIpc) is 3.14. The molecule has 1 fully saturated rings. The van der Waals surface area contributed by atoms with E-state index in [0.29, 0.717) is 23.3 Å². The van der Waals surface area contributed by atoms with Crippen molar-refractivity contribution in [2.75, 3.05) is 24.2 Å². The largest absolute Gasteiger partial charge is 0.342 e. The Kier molecular flexibility index (Phi) is 7.69. The highest BCUT2D eigenvalue weighted by Crippen LogP contribution is 2.20. The molecule has 0 atom stereocenters. The van der Waals surface area contributed by atoms with Crippen molar-refractivity contribution in [1.29, 1.82) is 0 Å². The first kappa shape index (κ1) is 21.4. The molecule has 156 valence electrons. The minimum atomic E-state index is -0.117. The minimum absolute atomic E-state index is 0.117. The average molecular weight is 416 g/mol. The molecule has 8 heteroatoms. The number of carbonyl (C=O) groups excluding carboxylic acids is 2. The summed E-state index contributed by atoms with van der Waals surface area (Å²) in [5.41, 5.74) is 1.94. The number of aromatic nitrogens is 3. The summed E-state index contributed by atoms with van der Waals surface area (Å²) in [5.74, 6) is 1.01. The SMILES string of the molecule is CCc1ccccc1NC(=O)Cc1nnc(SCC(=O)N2CCCCC2)n1CC. The first-order chi connectivity index (χ1) is 14.1. The summed E-state index contributed by atoms with van der Waals surface area (Å²) in [6.45, 7) is 6.41. The van der Waals surface area contributed by atoms with Crippen molar-refractivity contribution in [3.8, 4) is 0 Å². The maximum absolute atomic E-state index is 12.5. The quantitative estimate of drug-likeness (QED) is 0.670. The van der Waals surface area contributed by atoms with Crippen molar-refractivity contribution in [3.05, 3.63) is 35.7 Å². The number of anilines is 1. The summed E-state index contributed by atoms with van der Waals surface area (Å²) in [4.78, 5) is 26.9. The molecule has 1 aliphatic rings. The number of nitrogens with one attached hydrogen (secondary N) is 1. The molecule has 1 aromatic carbocycles. The van der Waals surface area contributed by atoms with E-state index in [0.717, 1.165) is 43.6 Å². The predicted molar refractivity (Wildman–Crippen MR) is 115 cm³/mol. The van der Waals surface area contributed by atoms with Gasteiger partial charge in [0.25, 0.3) is 0 Å². The van der Waals surface area contributed by atoms with Crippen molar-refractivity contribution < 1.29 is 9.59 Å². The lowest BCUT2D eigenvalue weighted by Gasteiger charge is -2.26. The smallest absolute Gasteiger partial charge is 0.233 e. The minimum Gasteiger partial charge on any atom is -0.342 e. The van der Waals surface area contributed by atoms with Crippen LogP contribution in [0.3, 0.4) is 0 Å². The van der Waals surface area contributed by atoms with Gasteiger partial charge in [0.2, 0.25) is 11.8 Å². The molecule has 3 rings (SSSR count). The van der Waals surface area contributed by atoms with Crippen LogP contribution in [-0.4, -0.2) is 50.3 Å². The molecular formula is C21H29N5O2S. The second-order valence-electron chi connectivity index (χ2n) is 7.11. The van der Waals surface area contributed by atoms with E-state index >= 15 is 0 Å². The van der Waals surface area contributed by atoms with Crippen molar-refractivity contribution in [1.82, 2.24) is 19.7 Å². The second-order valence-corrected chi connectivity index (χ2v) is 8.05. The highest BCUT2D eigenvalue weighted by molar-refractivity contribution is 7.99. The van der Waals surface area contributed by atoms with Crippen LogP contribution in [-0.2, 0) is 29.0 Å². The van der Waals surface area contributed by atoms with Gasteiger partial charge in [0.1, 0.15) is 5.82 Å². The summed E-state index contributed by atoms with van der Waals surface area (Å²) in [7, 11) is 0. The summed E-state index contributed by atoms with van der Waals surface area (Å²) in [6, 6.07) is 7.81. The number of amides is 2. The molecule has 0 radical (unpaired) electrons. The fourth-order valence-corrected chi connectivity index (χ4v) is 4.45. The van der Waals surface area contributed by atoms with Gasteiger partial charge in [-0.2, -0.15) is 0 Å². The van der Waals surface area contributed by atoms with Gasteiger partial charge >= 0.3 is 0 Å². The predicted octanol–water partition coefficient (Wildman–Crippen LogP) is 3.15. The first-order valence-corrected chi connectivity index (χ1v) is 11.3. The van der Waals surface area contributed by atoms with Crippen molar-refractivity contribution >= 4 is 29.3 Å². The number of piperidine rings is 1. The lowest BCUT2D eigenvalue weighted by atomic mass is 10.1.